The van der Waals surface area contributed by atoms with Crippen LogP contribution in [0.4, 0.5) is 10.5 Å². The number of carbonyl (C=O) groups excluding carboxylic acids is 1. The van der Waals surface area contributed by atoms with Crippen LogP contribution in [-0.2, 0) is 18.0 Å². The highest BCUT2D eigenvalue weighted by Crippen LogP contribution is 2.44. The summed E-state index contributed by atoms with van der Waals surface area (Å²) < 4.78 is 1.74. The summed E-state index contributed by atoms with van der Waals surface area (Å²) in [6.07, 6.45) is 3.50. The van der Waals surface area contributed by atoms with Gasteiger partial charge in [0, 0.05) is 24.4 Å². The van der Waals surface area contributed by atoms with E-state index in [2.05, 4.69) is 35.6 Å². The molecule has 2 amide bonds. The van der Waals surface area contributed by atoms with E-state index in [4.69, 9.17) is 4.98 Å². The van der Waals surface area contributed by atoms with Gasteiger partial charge < -0.3 is 15.7 Å². The molecule has 0 spiro atoms. The fraction of sp³-hybridized carbons (Fsp3) is 0.300. The number of nitrogens with one attached hydrogen (secondary N) is 2. The quantitative estimate of drug-likeness (QED) is 0.347. The summed E-state index contributed by atoms with van der Waals surface area (Å²) in [5.41, 5.74) is 5.70. The Morgan fingerprint density at radius 2 is 1.68 bits per heavy atom. The van der Waals surface area contributed by atoms with E-state index in [1.807, 2.05) is 81.7 Å². The number of aryl methyl sites for hydroxylation is 2. The first kappa shape index (κ1) is 24.7. The van der Waals surface area contributed by atoms with Crippen molar-refractivity contribution in [1.82, 2.24) is 20.1 Å². The minimum Gasteiger partial charge on any atom is -0.390 e. The number of hydrogen-bond donors (Lipinski definition) is 3. The largest absolute Gasteiger partial charge is 0.390 e. The number of aromatic nitrogens is 3. The number of benzene rings is 2. The number of amides is 2. The Kier molecular flexibility index (Phi) is 6.12. The van der Waals surface area contributed by atoms with E-state index in [0.29, 0.717) is 17.8 Å². The number of nitrogens with zero attached hydrogens (tertiary/aromatic N) is 3. The molecule has 4 aromatic rings. The van der Waals surface area contributed by atoms with Gasteiger partial charge in [0.05, 0.1) is 34.9 Å². The minimum absolute atomic E-state index is 0.197. The van der Waals surface area contributed by atoms with Gasteiger partial charge in [-0.1, -0.05) is 68.4 Å². The zero-order valence-corrected chi connectivity index (χ0v) is 21.9. The lowest BCUT2D eigenvalue weighted by Crippen LogP contribution is -2.57. The van der Waals surface area contributed by atoms with Crippen LogP contribution < -0.4 is 10.6 Å². The van der Waals surface area contributed by atoms with Gasteiger partial charge in [0.2, 0.25) is 0 Å². The summed E-state index contributed by atoms with van der Waals surface area (Å²) in [4.78, 5) is 18.4. The molecule has 0 radical (unpaired) electrons. The van der Waals surface area contributed by atoms with Crippen molar-refractivity contribution in [2.45, 2.75) is 51.2 Å². The first-order valence-electron chi connectivity index (χ1n) is 12.5. The zero-order chi connectivity index (χ0) is 26.4. The molecule has 0 saturated heterocycles. The van der Waals surface area contributed by atoms with E-state index < -0.39 is 17.7 Å². The van der Waals surface area contributed by atoms with Crippen molar-refractivity contribution in [3.8, 4) is 22.5 Å². The Hall–Kier alpha value is -3.97. The van der Waals surface area contributed by atoms with Crippen molar-refractivity contribution in [3.63, 3.8) is 0 Å². The molecular formula is C30H33N5O2. The second-order valence-electron chi connectivity index (χ2n) is 10.7. The first-order chi connectivity index (χ1) is 17.6. The van der Waals surface area contributed by atoms with Gasteiger partial charge in [-0.25, -0.2) is 9.78 Å². The summed E-state index contributed by atoms with van der Waals surface area (Å²) in [7, 11) is 1.87. The van der Waals surface area contributed by atoms with Gasteiger partial charge in [-0.3, -0.25) is 4.68 Å². The number of pyridine rings is 1. The lowest BCUT2D eigenvalue weighted by atomic mass is 9.64. The van der Waals surface area contributed by atoms with Crippen molar-refractivity contribution >= 4 is 11.7 Å². The molecule has 0 unspecified atom stereocenters. The first-order valence-corrected chi connectivity index (χ1v) is 12.5. The van der Waals surface area contributed by atoms with Gasteiger partial charge in [0.25, 0.3) is 0 Å². The molecule has 5 rings (SSSR count). The van der Waals surface area contributed by atoms with Gasteiger partial charge in [0.1, 0.15) is 0 Å². The fourth-order valence-electron chi connectivity index (χ4n) is 5.40. The van der Waals surface area contributed by atoms with E-state index in [-0.39, 0.29) is 5.41 Å². The molecule has 0 fully saturated rings. The average molecular weight is 496 g/mol. The fourth-order valence-corrected chi connectivity index (χ4v) is 5.40. The number of hydrogen-bond acceptors (Lipinski definition) is 4. The predicted octanol–water partition coefficient (Wildman–Crippen LogP) is 5.54. The molecule has 2 heterocycles. The molecule has 0 bridgehead atoms. The van der Waals surface area contributed by atoms with Gasteiger partial charge >= 0.3 is 6.03 Å². The molecule has 190 valence electrons. The number of anilines is 1. The van der Waals surface area contributed by atoms with Crippen LogP contribution in [0.1, 0.15) is 43.9 Å². The Morgan fingerprint density at radius 1 is 1.00 bits per heavy atom. The third-order valence-corrected chi connectivity index (χ3v) is 7.45. The third kappa shape index (κ3) is 4.51. The summed E-state index contributed by atoms with van der Waals surface area (Å²) in [6, 6.07) is 19.3. The van der Waals surface area contributed by atoms with E-state index in [0.717, 1.165) is 33.5 Å². The number of carbonyl (C=O) groups is 1. The monoisotopic (exact) mass is 495 g/mol. The maximum Gasteiger partial charge on any atom is 0.320 e. The number of fused-ring (bicyclic) bond motifs is 1. The zero-order valence-electron chi connectivity index (χ0n) is 21.9. The topological polar surface area (TPSA) is 92.1 Å². The molecular weight excluding hydrogens is 462 g/mol. The number of aliphatic hydroxyl groups excluding tert-OH is 1. The normalized spacial score (nSPS) is 20.2. The van der Waals surface area contributed by atoms with Crippen molar-refractivity contribution in [3.05, 3.63) is 89.7 Å². The van der Waals surface area contributed by atoms with Crippen LogP contribution in [0.3, 0.4) is 0 Å². The van der Waals surface area contributed by atoms with Crippen LogP contribution in [-0.4, -0.2) is 32.0 Å². The van der Waals surface area contributed by atoms with Gasteiger partial charge in [-0.2, -0.15) is 5.10 Å². The number of urea groups is 1. The molecule has 1 aliphatic carbocycles. The standard InChI is InChI=1S/C30H33N5O2/c1-19-15-24(27(20-11-7-6-8-12-20)33-26(19)21-17-31-35(5)18-21)32-28(37)34-30(4)23-14-10-9-13-22(23)29(2,3)16-25(30)36/h6-15,17-18,25,36H,16H2,1-5H3,(H2,32,34,37)/t25-,30+/m1/s1. The highest BCUT2D eigenvalue weighted by atomic mass is 16.3. The van der Waals surface area contributed by atoms with Crippen LogP contribution in [0.5, 0.6) is 0 Å². The number of aliphatic hydroxyl groups is 1. The third-order valence-electron chi connectivity index (χ3n) is 7.45. The van der Waals surface area contributed by atoms with Crippen molar-refractivity contribution < 1.29 is 9.90 Å². The summed E-state index contributed by atoms with van der Waals surface area (Å²) in [6.45, 7) is 8.11. The van der Waals surface area contributed by atoms with E-state index in [1.165, 1.54) is 0 Å². The molecule has 2 aromatic carbocycles. The lowest BCUT2D eigenvalue weighted by Gasteiger charge is -2.47. The summed E-state index contributed by atoms with van der Waals surface area (Å²) >= 11 is 0. The lowest BCUT2D eigenvalue weighted by molar-refractivity contribution is 0.0374. The van der Waals surface area contributed by atoms with Crippen LogP contribution in [0.25, 0.3) is 22.5 Å². The maximum absolute atomic E-state index is 13.5. The second kappa shape index (κ2) is 9.16. The predicted molar refractivity (Wildman–Crippen MR) is 146 cm³/mol. The maximum atomic E-state index is 13.5. The number of rotatable bonds is 4. The molecule has 7 nitrogen and oxygen atoms in total. The van der Waals surface area contributed by atoms with Crippen LogP contribution in [0.2, 0.25) is 0 Å². The molecule has 2 atom stereocenters. The highest BCUT2D eigenvalue weighted by Gasteiger charge is 2.47. The Balaban J connectivity index is 1.51. The van der Waals surface area contributed by atoms with Gasteiger partial charge in [-0.15, -0.1) is 0 Å². The van der Waals surface area contributed by atoms with E-state index in [1.54, 1.807) is 10.9 Å². The molecule has 37 heavy (non-hydrogen) atoms. The van der Waals surface area contributed by atoms with E-state index >= 15 is 0 Å². The molecule has 0 aliphatic heterocycles. The van der Waals surface area contributed by atoms with Crippen LogP contribution >= 0.6 is 0 Å². The van der Waals surface area contributed by atoms with Crippen molar-refractivity contribution in [2.75, 3.05) is 5.32 Å². The summed E-state index contributed by atoms with van der Waals surface area (Å²) in [5, 5.41) is 21.6. The van der Waals surface area contributed by atoms with E-state index in [9.17, 15) is 9.90 Å². The van der Waals surface area contributed by atoms with Crippen molar-refractivity contribution in [1.29, 1.82) is 0 Å². The molecule has 7 heteroatoms. The van der Waals surface area contributed by atoms with Gasteiger partial charge in [0.15, 0.2) is 0 Å². The molecule has 0 saturated carbocycles. The summed E-state index contributed by atoms with van der Waals surface area (Å²) in [5.74, 6) is 0. The molecule has 1 aliphatic rings. The Labute approximate surface area is 217 Å². The molecule has 2 aromatic heterocycles. The van der Waals surface area contributed by atoms with Gasteiger partial charge in [-0.05, 0) is 48.4 Å². The minimum atomic E-state index is -0.943. The molecule has 3 N–H and O–H groups in total. The highest BCUT2D eigenvalue weighted by molar-refractivity contribution is 5.95. The SMILES string of the molecule is Cc1cc(NC(=O)N[C@@]2(C)c3ccccc3C(C)(C)C[C@H]2O)c(-c2ccccc2)nc1-c1cnn(C)c1. The van der Waals surface area contributed by atoms with Crippen molar-refractivity contribution in [2.24, 2.45) is 7.05 Å². The van der Waals surface area contributed by atoms with Crippen LogP contribution in [0, 0.1) is 6.92 Å². The Bertz CT molecular complexity index is 1460. The smallest absolute Gasteiger partial charge is 0.320 e. The Morgan fingerprint density at radius 3 is 2.35 bits per heavy atom. The van der Waals surface area contributed by atoms with Crippen LogP contribution in [0.15, 0.2) is 73.1 Å². The second-order valence-corrected chi connectivity index (χ2v) is 10.7. The average Bonchev–Trinajstić information content (AvgIpc) is 3.29.